The molecule has 3 amide bonds. The van der Waals surface area contributed by atoms with Crippen molar-refractivity contribution in [2.75, 3.05) is 25.1 Å². The van der Waals surface area contributed by atoms with E-state index in [1.54, 1.807) is 12.1 Å². The minimum Gasteiger partial charge on any atom is -0.465 e. The molecule has 2 N–H and O–H groups in total. The van der Waals surface area contributed by atoms with Crippen LogP contribution in [0.25, 0.3) is 0 Å². The first-order chi connectivity index (χ1) is 12.4. The van der Waals surface area contributed by atoms with Crippen molar-refractivity contribution in [2.45, 2.75) is 25.3 Å². The SMILES string of the molecule is COC(=O)c1ccc(N2C(=O)CC(N3CCC(C(N)=O)CC3)C2=O)cc1. The molecular weight excluding hydrogens is 338 g/mol. The molecule has 1 aromatic carbocycles. The number of piperidine rings is 1. The first kappa shape index (κ1) is 18.1. The van der Waals surface area contributed by atoms with Crippen LogP contribution in [0.1, 0.15) is 29.6 Å². The molecule has 0 aliphatic carbocycles. The Morgan fingerprint density at radius 2 is 1.73 bits per heavy atom. The van der Waals surface area contributed by atoms with Crippen molar-refractivity contribution >= 4 is 29.4 Å². The maximum absolute atomic E-state index is 12.8. The Morgan fingerprint density at radius 1 is 1.12 bits per heavy atom. The van der Waals surface area contributed by atoms with E-state index < -0.39 is 12.0 Å². The molecule has 1 aromatic rings. The second kappa shape index (κ2) is 7.25. The zero-order chi connectivity index (χ0) is 18.8. The largest absolute Gasteiger partial charge is 0.465 e. The van der Waals surface area contributed by atoms with Crippen molar-refractivity contribution in [1.82, 2.24) is 4.90 Å². The van der Waals surface area contributed by atoms with E-state index in [-0.39, 0.29) is 30.1 Å². The molecule has 138 valence electrons. The molecule has 1 atom stereocenters. The fourth-order valence-electron chi connectivity index (χ4n) is 3.53. The molecule has 0 spiro atoms. The Hall–Kier alpha value is -2.74. The predicted molar refractivity (Wildman–Crippen MR) is 92.2 cm³/mol. The summed E-state index contributed by atoms with van der Waals surface area (Å²) in [5.74, 6) is -1.52. The third-order valence-corrected chi connectivity index (χ3v) is 5.04. The minimum atomic E-state index is -0.517. The molecule has 26 heavy (non-hydrogen) atoms. The zero-order valence-electron chi connectivity index (χ0n) is 14.5. The van der Waals surface area contributed by atoms with Crippen molar-refractivity contribution in [3.63, 3.8) is 0 Å². The number of hydrogen-bond acceptors (Lipinski definition) is 6. The van der Waals surface area contributed by atoms with Crippen molar-refractivity contribution in [2.24, 2.45) is 11.7 Å². The van der Waals surface area contributed by atoms with E-state index in [2.05, 4.69) is 4.74 Å². The highest BCUT2D eigenvalue weighted by Crippen LogP contribution is 2.28. The Labute approximate surface area is 150 Å². The normalized spacial score (nSPS) is 21.9. The lowest BCUT2D eigenvalue weighted by atomic mass is 9.95. The molecule has 8 nitrogen and oxygen atoms in total. The summed E-state index contributed by atoms with van der Waals surface area (Å²) < 4.78 is 4.64. The highest BCUT2D eigenvalue weighted by molar-refractivity contribution is 6.22. The number of esters is 1. The Balaban J connectivity index is 1.71. The number of carbonyl (C=O) groups is 4. The molecule has 2 saturated heterocycles. The van der Waals surface area contributed by atoms with Gasteiger partial charge in [-0.1, -0.05) is 0 Å². The van der Waals surface area contributed by atoms with E-state index in [0.29, 0.717) is 37.2 Å². The second-order valence-corrected chi connectivity index (χ2v) is 6.54. The number of carbonyl (C=O) groups excluding carboxylic acids is 4. The number of ether oxygens (including phenoxy) is 1. The Bertz CT molecular complexity index is 738. The fourth-order valence-corrected chi connectivity index (χ4v) is 3.53. The van der Waals surface area contributed by atoms with Gasteiger partial charge in [0.2, 0.25) is 11.8 Å². The summed E-state index contributed by atoms with van der Waals surface area (Å²) in [6.07, 6.45) is 1.31. The van der Waals surface area contributed by atoms with Crippen LogP contribution in [0.3, 0.4) is 0 Å². The van der Waals surface area contributed by atoms with Crippen molar-refractivity contribution in [1.29, 1.82) is 0 Å². The summed E-state index contributed by atoms with van der Waals surface area (Å²) in [5.41, 5.74) is 6.12. The molecule has 1 unspecified atom stereocenters. The molecular formula is C18H21N3O5. The lowest BCUT2D eigenvalue weighted by Crippen LogP contribution is -2.47. The molecule has 0 bridgehead atoms. The number of methoxy groups -OCH3 is 1. The average molecular weight is 359 g/mol. The molecule has 2 aliphatic heterocycles. The average Bonchev–Trinajstić information content (AvgIpc) is 2.95. The molecule has 0 saturated carbocycles. The van der Waals surface area contributed by atoms with Crippen LogP contribution in [0, 0.1) is 5.92 Å². The van der Waals surface area contributed by atoms with Gasteiger partial charge in [0.25, 0.3) is 5.91 Å². The zero-order valence-corrected chi connectivity index (χ0v) is 14.5. The summed E-state index contributed by atoms with van der Waals surface area (Å²) in [7, 11) is 1.29. The van der Waals surface area contributed by atoms with Crippen LogP contribution in [-0.4, -0.2) is 54.8 Å². The lowest BCUT2D eigenvalue weighted by Gasteiger charge is -2.33. The maximum Gasteiger partial charge on any atom is 0.337 e. The van der Waals surface area contributed by atoms with Crippen LogP contribution in [-0.2, 0) is 19.1 Å². The summed E-state index contributed by atoms with van der Waals surface area (Å²) in [5, 5.41) is 0. The third-order valence-electron chi connectivity index (χ3n) is 5.04. The number of benzene rings is 1. The van der Waals surface area contributed by atoms with Gasteiger partial charge in [-0.25, -0.2) is 9.69 Å². The summed E-state index contributed by atoms with van der Waals surface area (Å²) in [4.78, 5) is 51.1. The number of imide groups is 1. The second-order valence-electron chi connectivity index (χ2n) is 6.54. The van der Waals surface area contributed by atoms with Gasteiger partial charge < -0.3 is 10.5 Å². The van der Waals surface area contributed by atoms with Crippen LogP contribution in [0.5, 0.6) is 0 Å². The Kier molecular flexibility index (Phi) is 5.03. The summed E-state index contributed by atoms with van der Waals surface area (Å²) in [6.45, 7) is 1.12. The quantitative estimate of drug-likeness (QED) is 0.612. The molecule has 0 radical (unpaired) electrons. The number of primary amides is 1. The molecule has 3 rings (SSSR count). The number of hydrogen-bond donors (Lipinski definition) is 1. The van der Waals surface area contributed by atoms with E-state index in [0.717, 1.165) is 4.90 Å². The number of nitrogens with zero attached hydrogens (tertiary/aromatic N) is 2. The smallest absolute Gasteiger partial charge is 0.337 e. The Morgan fingerprint density at radius 3 is 2.27 bits per heavy atom. The van der Waals surface area contributed by atoms with Gasteiger partial charge in [0.15, 0.2) is 0 Å². The number of nitrogens with two attached hydrogens (primary N) is 1. The van der Waals surface area contributed by atoms with Crippen LogP contribution in [0.15, 0.2) is 24.3 Å². The van der Waals surface area contributed by atoms with E-state index in [1.807, 2.05) is 4.90 Å². The highest BCUT2D eigenvalue weighted by Gasteiger charge is 2.43. The highest BCUT2D eigenvalue weighted by atomic mass is 16.5. The fraction of sp³-hybridized carbons (Fsp3) is 0.444. The number of anilines is 1. The number of rotatable bonds is 4. The molecule has 2 heterocycles. The van der Waals surface area contributed by atoms with Crippen molar-refractivity contribution in [3.05, 3.63) is 29.8 Å². The third kappa shape index (κ3) is 3.32. The predicted octanol–water partition coefficient (Wildman–Crippen LogP) is 0.302. The molecule has 2 aliphatic rings. The molecule has 2 fully saturated rings. The van der Waals surface area contributed by atoms with Gasteiger partial charge >= 0.3 is 5.97 Å². The van der Waals surface area contributed by atoms with Gasteiger partial charge in [-0.05, 0) is 50.2 Å². The lowest BCUT2D eigenvalue weighted by molar-refractivity contribution is -0.124. The summed E-state index contributed by atoms with van der Waals surface area (Å²) in [6, 6.07) is 5.64. The molecule has 8 heteroatoms. The topological polar surface area (TPSA) is 110 Å². The van der Waals surface area contributed by atoms with Crippen molar-refractivity contribution < 1.29 is 23.9 Å². The first-order valence-corrected chi connectivity index (χ1v) is 8.51. The standard InChI is InChI=1S/C18H21N3O5/c1-26-18(25)12-2-4-13(5-3-12)21-15(22)10-14(17(21)24)20-8-6-11(7-9-20)16(19)23/h2-5,11,14H,6-10H2,1H3,(H2,19,23). The van der Waals surface area contributed by atoms with Gasteiger partial charge in [0.1, 0.15) is 0 Å². The van der Waals surface area contributed by atoms with Crippen LogP contribution in [0.4, 0.5) is 5.69 Å². The van der Waals surface area contributed by atoms with E-state index in [4.69, 9.17) is 5.73 Å². The van der Waals surface area contributed by atoms with E-state index in [9.17, 15) is 19.2 Å². The first-order valence-electron chi connectivity index (χ1n) is 8.51. The minimum absolute atomic E-state index is 0.110. The van der Waals surface area contributed by atoms with Gasteiger partial charge in [0.05, 0.1) is 30.8 Å². The molecule has 0 aromatic heterocycles. The monoisotopic (exact) mass is 359 g/mol. The van der Waals surface area contributed by atoms with Crippen molar-refractivity contribution in [3.8, 4) is 0 Å². The van der Waals surface area contributed by atoms with Gasteiger partial charge in [-0.3, -0.25) is 19.3 Å². The van der Waals surface area contributed by atoms with Gasteiger partial charge in [-0.2, -0.15) is 0 Å². The van der Waals surface area contributed by atoms with Gasteiger partial charge in [-0.15, -0.1) is 0 Å². The number of amides is 3. The van der Waals surface area contributed by atoms with Crippen LogP contribution >= 0.6 is 0 Å². The van der Waals surface area contributed by atoms with E-state index >= 15 is 0 Å². The number of likely N-dealkylation sites (tertiary alicyclic amines) is 1. The maximum atomic E-state index is 12.8. The van der Waals surface area contributed by atoms with Gasteiger partial charge in [0, 0.05) is 5.92 Å². The van der Waals surface area contributed by atoms with E-state index in [1.165, 1.54) is 19.2 Å². The van der Waals surface area contributed by atoms with Crippen LogP contribution < -0.4 is 10.6 Å². The van der Waals surface area contributed by atoms with Crippen LogP contribution in [0.2, 0.25) is 0 Å². The summed E-state index contributed by atoms with van der Waals surface area (Å²) >= 11 is 0.